The maximum Gasteiger partial charge on any atom is 0.0292 e. The van der Waals surface area contributed by atoms with E-state index >= 15 is 0 Å². The van der Waals surface area contributed by atoms with E-state index in [0.29, 0.717) is 0 Å². The van der Waals surface area contributed by atoms with Gasteiger partial charge in [-0.3, -0.25) is 0 Å². The lowest BCUT2D eigenvalue weighted by molar-refractivity contribution is 0.487. The van der Waals surface area contributed by atoms with Gasteiger partial charge in [0.1, 0.15) is 0 Å². The van der Waals surface area contributed by atoms with Crippen molar-refractivity contribution >= 4 is 0 Å². The molecule has 2 aliphatic rings. The smallest absolute Gasteiger partial charge is 0.0292 e. The minimum atomic E-state index is 0.0137. The summed E-state index contributed by atoms with van der Waals surface area (Å²) in [6.07, 6.45) is 13.5. The molecule has 0 N–H and O–H groups in total. The van der Waals surface area contributed by atoms with Crippen molar-refractivity contribution in [2.24, 2.45) is 5.41 Å². The van der Waals surface area contributed by atoms with E-state index < -0.39 is 0 Å². The van der Waals surface area contributed by atoms with E-state index in [0.717, 1.165) is 19.3 Å². The first-order valence-corrected chi connectivity index (χ1v) is 8.32. The molecule has 0 unspecified atom stereocenters. The third-order valence-electron chi connectivity index (χ3n) is 5.11. The number of rotatable bonds is 4. The third kappa shape index (κ3) is 2.21. The number of fused-ring (bicyclic) bond motifs is 1. The second-order valence-electron chi connectivity index (χ2n) is 6.28. The zero-order valence-electron chi connectivity index (χ0n) is 13.9. The quantitative estimate of drug-likeness (QED) is 0.649. The Morgan fingerprint density at radius 1 is 1.04 bits per heavy atom. The lowest BCUT2D eigenvalue weighted by Crippen LogP contribution is -2.23. The molecule has 0 aromatic heterocycles. The average molecular weight is 300 g/mol. The highest BCUT2D eigenvalue weighted by Gasteiger charge is 2.48. The largest absolute Gasteiger partial charge is 0.0990 e. The summed E-state index contributed by atoms with van der Waals surface area (Å²) < 4.78 is 0. The highest BCUT2D eigenvalue weighted by Crippen LogP contribution is 2.58. The van der Waals surface area contributed by atoms with Gasteiger partial charge in [0.25, 0.3) is 0 Å². The summed E-state index contributed by atoms with van der Waals surface area (Å²) in [6.45, 7) is 14.3. The highest BCUT2D eigenvalue weighted by atomic mass is 14.5. The van der Waals surface area contributed by atoms with E-state index in [1.807, 2.05) is 18.2 Å². The van der Waals surface area contributed by atoms with Crippen LogP contribution in [0, 0.1) is 5.41 Å². The Balaban J connectivity index is 2.26. The summed E-state index contributed by atoms with van der Waals surface area (Å²) >= 11 is 0. The number of hydrogen-bond acceptors (Lipinski definition) is 0. The standard InChI is InChI=1S/C23H24/c1-5-11-20-19(7-3)21(8-4)23(22(20)12-6-2)15-17-13-9-10-14-18(17)16-23/h5,7-14H,1,3-4,6,15-16H2,2H3/b20-11-,22-12+. The van der Waals surface area contributed by atoms with Crippen LogP contribution in [0.1, 0.15) is 24.5 Å². The monoisotopic (exact) mass is 300 g/mol. The first-order chi connectivity index (χ1) is 11.2. The summed E-state index contributed by atoms with van der Waals surface area (Å²) in [5, 5.41) is 0. The van der Waals surface area contributed by atoms with Gasteiger partial charge in [-0.1, -0.05) is 81.3 Å². The molecular formula is C23H24. The Labute approximate surface area is 139 Å². The van der Waals surface area contributed by atoms with Gasteiger partial charge < -0.3 is 0 Å². The van der Waals surface area contributed by atoms with Crippen LogP contribution in [0.4, 0.5) is 0 Å². The molecule has 116 valence electrons. The average Bonchev–Trinajstić information content (AvgIpc) is 3.05. The summed E-state index contributed by atoms with van der Waals surface area (Å²) in [6, 6.07) is 8.80. The highest BCUT2D eigenvalue weighted by molar-refractivity contribution is 5.70. The Morgan fingerprint density at radius 3 is 2.17 bits per heavy atom. The molecule has 0 heteroatoms. The first-order valence-electron chi connectivity index (χ1n) is 8.32. The summed E-state index contributed by atoms with van der Waals surface area (Å²) in [7, 11) is 0. The predicted molar refractivity (Wildman–Crippen MR) is 100 cm³/mol. The van der Waals surface area contributed by atoms with E-state index in [1.165, 1.54) is 33.4 Å². The van der Waals surface area contributed by atoms with Gasteiger partial charge in [-0.05, 0) is 52.7 Å². The summed E-state index contributed by atoms with van der Waals surface area (Å²) in [5.74, 6) is 0. The molecule has 0 fully saturated rings. The molecule has 0 bridgehead atoms. The molecule has 1 spiro atoms. The van der Waals surface area contributed by atoms with Gasteiger partial charge in [0.2, 0.25) is 0 Å². The SMILES string of the molecule is C=C/C=C1/C(C=C)=C(C=C)C2(Cc3ccccc3C2)/C1=C/CC. The fourth-order valence-electron chi connectivity index (χ4n) is 4.28. The zero-order valence-corrected chi connectivity index (χ0v) is 13.9. The molecular weight excluding hydrogens is 276 g/mol. The van der Waals surface area contributed by atoms with Crippen LogP contribution in [-0.4, -0.2) is 0 Å². The third-order valence-corrected chi connectivity index (χ3v) is 5.11. The van der Waals surface area contributed by atoms with E-state index in [2.05, 4.69) is 63.1 Å². The van der Waals surface area contributed by atoms with Crippen molar-refractivity contribution in [3.8, 4) is 0 Å². The molecule has 0 aliphatic heterocycles. The van der Waals surface area contributed by atoms with Crippen molar-refractivity contribution < 1.29 is 0 Å². The first kappa shape index (κ1) is 15.6. The van der Waals surface area contributed by atoms with Crippen molar-refractivity contribution in [3.63, 3.8) is 0 Å². The van der Waals surface area contributed by atoms with Crippen LogP contribution in [0.25, 0.3) is 0 Å². The lowest BCUT2D eigenvalue weighted by Gasteiger charge is -2.28. The van der Waals surface area contributed by atoms with Crippen LogP contribution >= 0.6 is 0 Å². The molecule has 1 aromatic carbocycles. The summed E-state index contributed by atoms with van der Waals surface area (Å²) in [5.41, 5.74) is 8.14. The predicted octanol–water partition coefficient (Wildman–Crippen LogP) is 5.90. The fraction of sp³-hybridized carbons (Fsp3) is 0.217. The number of allylic oxidation sites excluding steroid dienone is 9. The van der Waals surface area contributed by atoms with Crippen LogP contribution in [0.3, 0.4) is 0 Å². The van der Waals surface area contributed by atoms with Crippen LogP contribution < -0.4 is 0 Å². The molecule has 0 atom stereocenters. The van der Waals surface area contributed by atoms with E-state index in [9.17, 15) is 0 Å². The minimum Gasteiger partial charge on any atom is -0.0990 e. The van der Waals surface area contributed by atoms with Crippen LogP contribution in [0.15, 0.2) is 96.7 Å². The maximum atomic E-state index is 4.13. The van der Waals surface area contributed by atoms with Gasteiger partial charge in [-0.15, -0.1) is 0 Å². The zero-order chi connectivity index (χ0) is 16.4. The molecule has 0 heterocycles. The molecule has 2 aliphatic carbocycles. The van der Waals surface area contributed by atoms with Gasteiger partial charge in [0.15, 0.2) is 0 Å². The van der Waals surface area contributed by atoms with E-state index in [-0.39, 0.29) is 5.41 Å². The van der Waals surface area contributed by atoms with Crippen molar-refractivity contribution in [1.29, 1.82) is 0 Å². The minimum absolute atomic E-state index is 0.0137. The van der Waals surface area contributed by atoms with Gasteiger partial charge in [-0.2, -0.15) is 0 Å². The molecule has 23 heavy (non-hydrogen) atoms. The van der Waals surface area contributed by atoms with Crippen LogP contribution in [0.5, 0.6) is 0 Å². The normalized spacial score (nSPS) is 22.0. The van der Waals surface area contributed by atoms with Crippen molar-refractivity contribution in [1.82, 2.24) is 0 Å². The topological polar surface area (TPSA) is 0 Å². The van der Waals surface area contributed by atoms with Crippen LogP contribution in [-0.2, 0) is 12.8 Å². The molecule has 0 amide bonds. The Bertz CT molecular complexity index is 740. The van der Waals surface area contributed by atoms with Gasteiger partial charge in [0.05, 0.1) is 0 Å². The molecule has 3 rings (SSSR count). The maximum absolute atomic E-state index is 4.13. The van der Waals surface area contributed by atoms with Crippen molar-refractivity contribution in [3.05, 3.63) is 108 Å². The van der Waals surface area contributed by atoms with Gasteiger partial charge in [-0.25, -0.2) is 0 Å². The van der Waals surface area contributed by atoms with Crippen LogP contribution in [0.2, 0.25) is 0 Å². The lowest BCUT2D eigenvalue weighted by atomic mass is 9.73. The van der Waals surface area contributed by atoms with Gasteiger partial charge in [0, 0.05) is 5.41 Å². The second-order valence-corrected chi connectivity index (χ2v) is 6.28. The molecule has 0 radical (unpaired) electrons. The number of hydrogen-bond donors (Lipinski definition) is 0. The number of benzene rings is 1. The fourth-order valence-corrected chi connectivity index (χ4v) is 4.28. The molecule has 0 nitrogen and oxygen atoms in total. The van der Waals surface area contributed by atoms with E-state index in [4.69, 9.17) is 0 Å². The summed E-state index contributed by atoms with van der Waals surface area (Å²) in [4.78, 5) is 0. The van der Waals surface area contributed by atoms with E-state index in [1.54, 1.807) is 0 Å². The van der Waals surface area contributed by atoms with Crippen molar-refractivity contribution in [2.45, 2.75) is 26.2 Å². The molecule has 0 saturated carbocycles. The van der Waals surface area contributed by atoms with Crippen molar-refractivity contribution in [2.75, 3.05) is 0 Å². The molecule has 1 aromatic rings. The molecule has 0 saturated heterocycles. The Hall–Kier alpha value is -2.34. The van der Waals surface area contributed by atoms with Gasteiger partial charge >= 0.3 is 0 Å². The Kier molecular flexibility index (Phi) is 4.09. The Morgan fingerprint density at radius 2 is 1.70 bits per heavy atom. The second kappa shape index (κ2) is 6.04.